The minimum absolute atomic E-state index is 0.563. The first-order valence-electron chi connectivity index (χ1n) is 2.52. The number of hydrogen-bond acceptors (Lipinski definition) is 2. The van der Waals surface area contributed by atoms with Crippen molar-refractivity contribution in [2.24, 2.45) is 5.16 Å². The van der Waals surface area contributed by atoms with Gasteiger partial charge in [-0.15, -0.1) is 0 Å². The maximum Gasteiger partial charge on any atom is 0.0288 e. The van der Waals surface area contributed by atoms with Gasteiger partial charge >= 0.3 is 0 Å². The monoisotopic (exact) mass is 112 g/mol. The summed E-state index contributed by atoms with van der Waals surface area (Å²) in [5.41, 5.74) is 1.51. The first-order chi connectivity index (χ1) is 3.72. The lowest BCUT2D eigenvalue weighted by Crippen LogP contribution is -1.89. The van der Waals surface area contributed by atoms with Crippen molar-refractivity contribution in [1.82, 2.24) is 0 Å². The largest absolute Gasteiger partial charge is 0.792 e. The van der Waals surface area contributed by atoms with E-state index >= 15 is 0 Å². The lowest BCUT2D eigenvalue weighted by molar-refractivity contribution is 1.45. The molecule has 2 heteroatoms. The predicted octanol–water partition coefficient (Wildman–Crippen LogP) is 1.91. The van der Waals surface area contributed by atoms with Crippen molar-refractivity contribution in [1.29, 1.82) is 0 Å². The van der Waals surface area contributed by atoms with Gasteiger partial charge in [0.25, 0.3) is 0 Å². The Morgan fingerprint density at radius 1 is 1.50 bits per heavy atom. The number of hydrogen-bond donors (Lipinski definition) is 0. The summed E-state index contributed by atoms with van der Waals surface area (Å²) in [5.74, 6) is 0. The van der Waals surface area contributed by atoms with Crippen molar-refractivity contribution in [2.45, 2.75) is 20.8 Å². The highest BCUT2D eigenvalue weighted by atomic mass is 16.4. The molecule has 0 aromatic rings. The molecule has 0 aliphatic carbocycles. The van der Waals surface area contributed by atoms with Crippen molar-refractivity contribution in [3.8, 4) is 0 Å². The van der Waals surface area contributed by atoms with Gasteiger partial charge in [-0.05, 0) is 26.3 Å². The average Bonchev–Trinajstić information content (AvgIpc) is 1.84. The molecule has 0 bridgehead atoms. The fraction of sp³-hybridized carbons (Fsp3) is 0.500. The second kappa shape index (κ2) is 3.24. The molecule has 8 heavy (non-hydrogen) atoms. The van der Waals surface area contributed by atoms with Crippen LogP contribution in [-0.2, 0) is 0 Å². The van der Waals surface area contributed by atoms with E-state index < -0.39 is 0 Å². The van der Waals surface area contributed by atoms with Gasteiger partial charge in [0.05, 0.1) is 0 Å². The van der Waals surface area contributed by atoms with Crippen LogP contribution in [0.4, 0.5) is 0 Å². The molecule has 0 aromatic carbocycles. The maximum absolute atomic E-state index is 9.78. The second-order valence-corrected chi connectivity index (χ2v) is 1.65. The minimum atomic E-state index is 0.563. The molecular weight excluding hydrogens is 102 g/mol. The van der Waals surface area contributed by atoms with Crippen molar-refractivity contribution in [3.05, 3.63) is 16.9 Å². The van der Waals surface area contributed by atoms with E-state index in [0.717, 1.165) is 5.57 Å². The van der Waals surface area contributed by atoms with Crippen LogP contribution in [0.3, 0.4) is 0 Å². The van der Waals surface area contributed by atoms with E-state index in [9.17, 15) is 5.21 Å². The summed E-state index contributed by atoms with van der Waals surface area (Å²) in [6.07, 6.45) is 1.86. The summed E-state index contributed by atoms with van der Waals surface area (Å²) in [6.45, 7) is 5.43. The van der Waals surface area contributed by atoms with Crippen LogP contribution in [-0.4, -0.2) is 5.71 Å². The normalized spacial score (nSPS) is 14.4. The third kappa shape index (κ3) is 1.78. The Labute approximate surface area is 49.5 Å². The van der Waals surface area contributed by atoms with Crippen LogP contribution in [0.1, 0.15) is 20.8 Å². The van der Waals surface area contributed by atoms with Gasteiger partial charge in [0, 0.05) is 5.71 Å². The highest BCUT2D eigenvalue weighted by Crippen LogP contribution is 1.94. The quantitative estimate of drug-likeness (QED) is 0.377. The fourth-order valence-electron chi connectivity index (χ4n) is 0.281. The lowest BCUT2D eigenvalue weighted by Gasteiger charge is -1.99. The zero-order valence-corrected chi connectivity index (χ0v) is 5.43. The molecule has 0 saturated carbocycles. The maximum atomic E-state index is 9.78. The van der Waals surface area contributed by atoms with Crippen LogP contribution in [0.2, 0.25) is 0 Å². The molecule has 0 atom stereocenters. The summed E-state index contributed by atoms with van der Waals surface area (Å²) < 4.78 is 0. The second-order valence-electron chi connectivity index (χ2n) is 1.65. The Morgan fingerprint density at radius 2 is 2.00 bits per heavy atom. The molecule has 0 aliphatic rings. The Hall–Kier alpha value is -0.790. The van der Waals surface area contributed by atoms with E-state index in [1.807, 2.05) is 19.9 Å². The lowest BCUT2D eigenvalue weighted by atomic mass is 10.2. The highest BCUT2D eigenvalue weighted by molar-refractivity contribution is 5.97. The van der Waals surface area contributed by atoms with E-state index in [2.05, 4.69) is 5.16 Å². The molecule has 0 amide bonds. The summed E-state index contributed by atoms with van der Waals surface area (Å²) in [7, 11) is 0. The number of nitrogens with zero attached hydrogens (tertiary/aromatic N) is 1. The molecule has 46 valence electrons. The van der Waals surface area contributed by atoms with Gasteiger partial charge in [-0.1, -0.05) is 6.08 Å². The van der Waals surface area contributed by atoms with E-state index in [0.29, 0.717) is 5.71 Å². The van der Waals surface area contributed by atoms with Gasteiger partial charge in [0.15, 0.2) is 0 Å². The Morgan fingerprint density at radius 3 is 2.12 bits per heavy atom. The van der Waals surface area contributed by atoms with Gasteiger partial charge in [0.2, 0.25) is 0 Å². The van der Waals surface area contributed by atoms with Crippen molar-refractivity contribution >= 4 is 5.71 Å². The van der Waals surface area contributed by atoms with Gasteiger partial charge < -0.3 is 10.4 Å². The molecule has 0 saturated heterocycles. The van der Waals surface area contributed by atoms with E-state index in [-0.39, 0.29) is 0 Å². The van der Waals surface area contributed by atoms with Crippen molar-refractivity contribution in [2.75, 3.05) is 0 Å². The summed E-state index contributed by atoms with van der Waals surface area (Å²) in [5, 5.41) is 12.5. The summed E-state index contributed by atoms with van der Waals surface area (Å²) >= 11 is 0. The molecule has 2 nitrogen and oxygen atoms in total. The van der Waals surface area contributed by atoms with E-state index in [1.54, 1.807) is 6.92 Å². The molecule has 0 aliphatic heterocycles. The van der Waals surface area contributed by atoms with Gasteiger partial charge in [0.1, 0.15) is 0 Å². The van der Waals surface area contributed by atoms with E-state index in [4.69, 9.17) is 0 Å². The number of allylic oxidation sites excluding steroid dienone is 2. The van der Waals surface area contributed by atoms with Gasteiger partial charge in [-0.25, -0.2) is 0 Å². The van der Waals surface area contributed by atoms with Crippen molar-refractivity contribution < 1.29 is 0 Å². The fourth-order valence-corrected chi connectivity index (χ4v) is 0.281. The zero-order valence-electron chi connectivity index (χ0n) is 5.43. The Kier molecular flexibility index (Phi) is 2.92. The summed E-state index contributed by atoms with van der Waals surface area (Å²) in [4.78, 5) is 0. The predicted molar refractivity (Wildman–Crippen MR) is 35.9 cm³/mol. The van der Waals surface area contributed by atoms with Crippen LogP contribution in [0.25, 0.3) is 0 Å². The van der Waals surface area contributed by atoms with Gasteiger partial charge in [-0.3, -0.25) is 0 Å². The van der Waals surface area contributed by atoms with Gasteiger partial charge in [-0.2, -0.15) is 0 Å². The SMILES string of the molecule is C/C=C(C)/C(C)=N/[O-]. The van der Waals surface area contributed by atoms with E-state index in [1.165, 1.54) is 0 Å². The molecular formula is C6H10NO-. The average molecular weight is 112 g/mol. The molecule has 0 N–H and O–H groups in total. The molecule has 0 heterocycles. The van der Waals surface area contributed by atoms with Crippen molar-refractivity contribution in [3.63, 3.8) is 0 Å². The minimum Gasteiger partial charge on any atom is -0.792 e. The first-order valence-corrected chi connectivity index (χ1v) is 2.52. The third-order valence-corrected chi connectivity index (χ3v) is 1.14. The smallest absolute Gasteiger partial charge is 0.0288 e. The van der Waals surface area contributed by atoms with Crippen LogP contribution in [0, 0.1) is 5.21 Å². The zero-order chi connectivity index (χ0) is 6.57. The Balaban J connectivity index is 4.04. The van der Waals surface area contributed by atoms with Crippen LogP contribution < -0.4 is 0 Å². The summed E-state index contributed by atoms with van der Waals surface area (Å²) in [6, 6.07) is 0. The van der Waals surface area contributed by atoms with Crippen LogP contribution in [0.5, 0.6) is 0 Å². The standard InChI is InChI=1S/C6H11NO/c1-4-5(2)6(3)7-8/h4,8H,1-3H3/p-1/b5-4+,7-6+. The Bertz CT molecular complexity index is 108. The molecule has 0 rings (SSSR count). The molecule has 0 unspecified atom stereocenters. The topological polar surface area (TPSA) is 35.4 Å². The van der Waals surface area contributed by atoms with Crippen LogP contribution >= 0.6 is 0 Å². The first kappa shape index (κ1) is 7.21. The molecule has 0 fully saturated rings. The molecule has 0 spiro atoms. The molecule has 0 radical (unpaired) electrons. The highest BCUT2D eigenvalue weighted by Gasteiger charge is 1.85. The number of rotatable bonds is 1. The van der Waals surface area contributed by atoms with Crippen LogP contribution in [0.15, 0.2) is 16.8 Å². The third-order valence-electron chi connectivity index (χ3n) is 1.14. The molecule has 0 aromatic heterocycles.